The van der Waals surface area contributed by atoms with Crippen LogP contribution in [0.2, 0.25) is 5.02 Å². The molecule has 0 bridgehead atoms. The molecular weight excluding hydrogens is 292 g/mol. The zero-order valence-corrected chi connectivity index (χ0v) is 12.9. The van der Waals surface area contributed by atoms with Gasteiger partial charge in [-0.2, -0.15) is 0 Å². The van der Waals surface area contributed by atoms with Crippen LogP contribution in [-0.4, -0.2) is 11.7 Å². The van der Waals surface area contributed by atoms with Crippen molar-refractivity contribution in [3.8, 4) is 17.6 Å². The number of benzene rings is 1. The van der Waals surface area contributed by atoms with Crippen LogP contribution in [0.1, 0.15) is 21.6 Å². The highest BCUT2D eigenvalue weighted by Gasteiger charge is 2.05. The minimum Gasteiger partial charge on any atom is -0.488 e. The van der Waals surface area contributed by atoms with E-state index < -0.39 is 0 Å². The molecule has 0 amide bonds. The SMILES string of the molecule is Cc1cc(OCc2cc(C#CCO)cs2)cc(C)c1Cl. The monoisotopic (exact) mass is 306 g/mol. The number of hydrogen-bond donors (Lipinski definition) is 1. The number of rotatable bonds is 3. The first-order valence-corrected chi connectivity index (χ1v) is 7.42. The van der Waals surface area contributed by atoms with Crippen molar-refractivity contribution in [1.82, 2.24) is 0 Å². The standard InChI is InChI=1S/C16H15ClO2S/c1-11-6-14(7-12(2)16(11)17)19-9-15-8-13(10-20-15)4-3-5-18/h6-8,10,18H,5,9H2,1-2H3. The van der Waals surface area contributed by atoms with Gasteiger partial charge in [0.1, 0.15) is 19.0 Å². The Morgan fingerprint density at radius 3 is 2.60 bits per heavy atom. The summed E-state index contributed by atoms with van der Waals surface area (Å²) in [6, 6.07) is 5.85. The lowest BCUT2D eigenvalue weighted by Gasteiger charge is -2.09. The molecule has 0 aliphatic carbocycles. The van der Waals surface area contributed by atoms with E-state index in [0.717, 1.165) is 32.3 Å². The van der Waals surface area contributed by atoms with E-state index in [1.807, 2.05) is 37.4 Å². The van der Waals surface area contributed by atoms with E-state index in [9.17, 15) is 0 Å². The van der Waals surface area contributed by atoms with Gasteiger partial charge in [-0.25, -0.2) is 0 Å². The van der Waals surface area contributed by atoms with E-state index in [0.29, 0.717) is 6.61 Å². The Balaban J connectivity index is 2.03. The van der Waals surface area contributed by atoms with Crippen LogP contribution < -0.4 is 4.74 Å². The second-order valence-corrected chi connectivity index (χ2v) is 5.80. The van der Waals surface area contributed by atoms with Gasteiger partial charge in [-0.15, -0.1) is 11.3 Å². The fourth-order valence-corrected chi connectivity index (χ4v) is 2.64. The second-order valence-electron chi connectivity index (χ2n) is 4.42. The molecule has 0 fully saturated rings. The first kappa shape index (κ1) is 14.9. The van der Waals surface area contributed by atoms with Gasteiger partial charge in [0, 0.05) is 20.8 Å². The van der Waals surface area contributed by atoms with Crippen molar-refractivity contribution in [3.63, 3.8) is 0 Å². The van der Waals surface area contributed by atoms with Gasteiger partial charge in [0.05, 0.1) is 0 Å². The highest BCUT2D eigenvalue weighted by molar-refractivity contribution is 7.10. The summed E-state index contributed by atoms with van der Waals surface area (Å²) in [5.74, 6) is 6.33. The molecule has 2 aromatic rings. The Labute approximate surface area is 128 Å². The maximum atomic E-state index is 8.66. The van der Waals surface area contributed by atoms with Gasteiger partial charge in [-0.3, -0.25) is 0 Å². The summed E-state index contributed by atoms with van der Waals surface area (Å²) in [5.41, 5.74) is 2.94. The Kier molecular flexibility index (Phi) is 5.08. The second kappa shape index (κ2) is 6.81. The van der Waals surface area contributed by atoms with Crippen LogP contribution in [0.25, 0.3) is 0 Å². The maximum absolute atomic E-state index is 8.66. The highest BCUT2D eigenvalue weighted by Crippen LogP contribution is 2.26. The maximum Gasteiger partial charge on any atom is 0.122 e. The minimum atomic E-state index is -0.120. The Morgan fingerprint density at radius 2 is 1.95 bits per heavy atom. The number of halogens is 1. The largest absolute Gasteiger partial charge is 0.488 e. The molecule has 0 aliphatic rings. The average molecular weight is 307 g/mol. The molecule has 2 rings (SSSR count). The summed E-state index contributed by atoms with van der Waals surface area (Å²) in [4.78, 5) is 1.09. The van der Waals surface area contributed by atoms with Crippen molar-refractivity contribution in [2.45, 2.75) is 20.5 Å². The number of aliphatic hydroxyl groups is 1. The van der Waals surface area contributed by atoms with Crippen molar-refractivity contribution in [2.75, 3.05) is 6.61 Å². The van der Waals surface area contributed by atoms with Crippen LogP contribution >= 0.6 is 22.9 Å². The molecular formula is C16H15ClO2S. The Hall–Kier alpha value is -1.47. The average Bonchev–Trinajstić information content (AvgIpc) is 2.88. The predicted molar refractivity (Wildman–Crippen MR) is 83.5 cm³/mol. The first-order chi connectivity index (χ1) is 9.60. The molecule has 4 heteroatoms. The quantitative estimate of drug-likeness (QED) is 0.870. The molecule has 0 saturated carbocycles. The van der Waals surface area contributed by atoms with Crippen molar-refractivity contribution in [3.05, 3.63) is 50.2 Å². The van der Waals surface area contributed by atoms with Crippen LogP contribution in [0.5, 0.6) is 5.75 Å². The fourth-order valence-electron chi connectivity index (χ4n) is 1.81. The molecule has 0 saturated heterocycles. The summed E-state index contributed by atoms with van der Waals surface area (Å²) in [6.45, 7) is 4.32. The number of hydrogen-bond acceptors (Lipinski definition) is 3. The van der Waals surface area contributed by atoms with Gasteiger partial charge in [0.15, 0.2) is 0 Å². The molecule has 0 radical (unpaired) electrons. The van der Waals surface area contributed by atoms with Crippen LogP contribution in [0.3, 0.4) is 0 Å². The van der Waals surface area contributed by atoms with Crippen molar-refractivity contribution >= 4 is 22.9 Å². The van der Waals surface area contributed by atoms with Gasteiger partial charge in [0.2, 0.25) is 0 Å². The molecule has 2 nitrogen and oxygen atoms in total. The van der Waals surface area contributed by atoms with E-state index in [2.05, 4.69) is 11.8 Å². The molecule has 20 heavy (non-hydrogen) atoms. The summed E-state index contributed by atoms with van der Waals surface area (Å²) in [6.07, 6.45) is 0. The van der Waals surface area contributed by atoms with Crippen molar-refractivity contribution < 1.29 is 9.84 Å². The van der Waals surface area contributed by atoms with Crippen LogP contribution in [0.15, 0.2) is 23.6 Å². The normalized spacial score (nSPS) is 10.0. The summed E-state index contributed by atoms with van der Waals surface area (Å²) in [7, 11) is 0. The van der Waals surface area contributed by atoms with Gasteiger partial charge in [-0.05, 0) is 43.2 Å². The fraction of sp³-hybridized carbons (Fsp3) is 0.250. The number of aryl methyl sites for hydroxylation is 2. The molecule has 104 valence electrons. The number of aliphatic hydroxyl groups excluding tert-OH is 1. The van der Waals surface area contributed by atoms with Crippen molar-refractivity contribution in [2.24, 2.45) is 0 Å². The molecule has 0 spiro atoms. The molecule has 1 aromatic carbocycles. The zero-order valence-electron chi connectivity index (χ0n) is 11.4. The third kappa shape index (κ3) is 3.77. The molecule has 0 aliphatic heterocycles. The lowest BCUT2D eigenvalue weighted by atomic mass is 10.1. The van der Waals surface area contributed by atoms with E-state index >= 15 is 0 Å². The third-order valence-corrected chi connectivity index (χ3v) is 4.26. The lowest BCUT2D eigenvalue weighted by molar-refractivity contribution is 0.309. The van der Waals surface area contributed by atoms with Gasteiger partial charge >= 0.3 is 0 Å². The molecule has 0 atom stereocenters. The molecule has 1 heterocycles. The van der Waals surface area contributed by atoms with Crippen molar-refractivity contribution in [1.29, 1.82) is 0 Å². The highest BCUT2D eigenvalue weighted by atomic mass is 35.5. The van der Waals surface area contributed by atoms with Gasteiger partial charge < -0.3 is 9.84 Å². The minimum absolute atomic E-state index is 0.120. The predicted octanol–water partition coefficient (Wildman–Crippen LogP) is 3.94. The molecule has 1 aromatic heterocycles. The Morgan fingerprint density at radius 1 is 1.25 bits per heavy atom. The summed E-state index contributed by atoms with van der Waals surface area (Å²) >= 11 is 7.73. The smallest absolute Gasteiger partial charge is 0.122 e. The van der Waals surface area contributed by atoms with E-state index in [1.54, 1.807) is 11.3 Å². The zero-order chi connectivity index (χ0) is 14.5. The summed E-state index contributed by atoms with van der Waals surface area (Å²) in [5, 5.41) is 11.4. The van der Waals surface area contributed by atoms with Crippen LogP contribution in [0, 0.1) is 25.7 Å². The number of ether oxygens (including phenoxy) is 1. The van der Waals surface area contributed by atoms with E-state index in [1.165, 1.54) is 0 Å². The van der Waals surface area contributed by atoms with Crippen LogP contribution in [-0.2, 0) is 6.61 Å². The van der Waals surface area contributed by atoms with Crippen LogP contribution in [0.4, 0.5) is 0 Å². The van der Waals surface area contributed by atoms with Gasteiger partial charge in [-0.1, -0.05) is 23.4 Å². The number of thiophene rings is 1. The first-order valence-electron chi connectivity index (χ1n) is 6.17. The van der Waals surface area contributed by atoms with Gasteiger partial charge in [0.25, 0.3) is 0 Å². The van der Waals surface area contributed by atoms with E-state index in [4.69, 9.17) is 21.4 Å². The topological polar surface area (TPSA) is 29.5 Å². The Bertz CT molecular complexity index is 642. The molecule has 0 unspecified atom stereocenters. The summed E-state index contributed by atoms with van der Waals surface area (Å²) < 4.78 is 5.78. The lowest BCUT2D eigenvalue weighted by Crippen LogP contribution is -1.94. The molecule has 1 N–H and O–H groups in total. The third-order valence-electron chi connectivity index (χ3n) is 2.76. The van der Waals surface area contributed by atoms with E-state index in [-0.39, 0.29) is 6.61 Å².